The van der Waals surface area contributed by atoms with Crippen LogP contribution in [0.25, 0.3) is 0 Å². The Bertz CT molecular complexity index is 501. The van der Waals surface area contributed by atoms with Gasteiger partial charge in [0.2, 0.25) is 0 Å². The van der Waals surface area contributed by atoms with Crippen molar-refractivity contribution in [3.8, 4) is 5.75 Å². The zero-order chi connectivity index (χ0) is 16.8. The van der Waals surface area contributed by atoms with Gasteiger partial charge >= 0.3 is 6.09 Å². The number of aromatic hydroxyl groups is 1. The molecule has 1 aromatic carbocycles. The minimum absolute atomic E-state index is 0.0749. The number of nitrogens with one attached hydrogen (secondary N) is 2. The summed E-state index contributed by atoms with van der Waals surface area (Å²) in [5.41, 5.74) is 0.217. The number of carbonyl (C=O) groups is 1. The fourth-order valence-electron chi connectivity index (χ4n) is 1.83. The van der Waals surface area contributed by atoms with Gasteiger partial charge in [-0.25, -0.2) is 4.79 Å². The number of phenols is 1. The summed E-state index contributed by atoms with van der Waals surface area (Å²) >= 11 is 5.92. The van der Waals surface area contributed by atoms with E-state index in [2.05, 4.69) is 10.6 Å². The molecule has 0 aliphatic heterocycles. The summed E-state index contributed by atoms with van der Waals surface area (Å²) in [6, 6.07) is 5.00. The number of halogens is 1. The monoisotopic (exact) mass is 328 g/mol. The van der Waals surface area contributed by atoms with Crippen molar-refractivity contribution in [1.82, 2.24) is 10.6 Å². The molecule has 1 aromatic rings. The molecule has 124 valence electrons. The quantitative estimate of drug-likeness (QED) is 0.748. The van der Waals surface area contributed by atoms with Crippen molar-refractivity contribution in [2.24, 2.45) is 0 Å². The van der Waals surface area contributed by atoms with Crippen LogP contribution in [0.1, 0.15) is 39.7 Å². The summed E-state index contributed by atoms with van der Waals surface area (Å²) in [6.45, 7) is 8.41. The van der Waals surface area contributed by atoms with Gasteiger partial charge < -0.3 is 20.5 Å². The van der Waals surface area contributed by atoms with Gasteiger partial charge in [0.05, 0.1) is 0 Å². The predicted molar refractivity (Wildman–Crippen MR) is 88.3 cm³/mol. The van der Waals surface area contributed by atoms with Crippen LogP contribution in [0.3, 0.4) is 0 Å². The molecule has 0 bridgehead atoms. The summed E-state index contributed by atoms with van der Waals surface area (Å²) in [6.07, 6.45) is 0.398. The predicted octanol–water partition coefficient (Wildman–Crippen LogP) is 3.44. The first-order valence-corrected chi connectivity index (χ1v) is 7.76. The summed E-state index contributed by atoms with van der Waals surface area (Å²) in [5, 5.41) is 16.4. The number of ether oxygens (including phenoxy) is 1. The topological polar surface area (TPSA) is 70.6 Å². The van der Waals surface area contributed by atoms with Crippen LogP contribution < -0.4 is 10.6 Å². The third kappa shape index (κ3) is 7.00. The molecule has 6 heteroatoms. The standard InChI is InChI=1S/C16H25ClN2O3/c1-5-13(10-19-15(21)22-16(2,3)4)18-9-11-8-12(17)6-7-14(11)20/h6-8,13,18,20H,5,9-10H2,1-4H3,(H,19,21). The van der Waals surface area contributed by atoms with Gasteiger partial charge in [-0.1, -0.05) is 18.5 Å². The minimum Gasteiger partial charge on any atom is -0.508 e. The highest BCUT2D eigenvalue weighted by molar-refractivity contribution is 6.30. The Balaban J connectivity index is 2.45. The van der Waals surface area contributed by atoms with Gasteiger partial charge in [0.15, 0.2) is 0 Å². The Morgan fingerprint density at radius 3 is 2.68 bits per heavy atom. The summed E-state index contributed by atoms with van der Waals surface area (Å²) in [7, 11) is 0. The van der Waals surface area contributed by atoms with Gasteiger partial charge in [-0.3, -0.25) is 0 Å². The molecule has 0 aliphatic rings. The van der Waals surface area contributed by atoms with E-state index in [-0.39, 0.29) is 11.8 Å². The molecule has 0 radical (unpaired) electrons. The van der Waals surface area contributed by atoms with E-state index < -0.39 is 11.7 Å². The zero-order valence-electron chi connectivity index (χ0n) is 13.6. The second-order valence-corrected chi connectivity index (χ2v) is 6.58. The third-order valence-electron chi connectivity index (χ3n) is 3.01. The highest BCUT2D eigenvalue weighted by Crippen LogP contribution is 2.21. The lowest BCUT2D eigenvalue weighted by Gasteiger charge is -2.22. The maximum absolute atomic E-state index is 11.6. The molecular formula is C16H25ClN2O3. The molecule has 1 rings (SSSR count). The molecule has 0 aromatic heterocycles. The Morgan fingerprint density at radius 2 is 2.09 bits per heavy atom. The number of rotatable bonds is 6. The number of hydrogen-bond donors (Lipinski definition) is 3. The molecule has 22 heavy (non-hydrogen) atoms. The second-order valence-electron chi connectivity index (χ2n) is 6.14. The van der Waals surface area contributed by atoms with Crippen molar-refractivity contribution in [1.29, 1.82) is 0 Å². The minimum atomic E-state index is -0.508. The van der Waals surface area contributed by atoms with Gasteiger partial charge in [0.1, 0.15) is 11.4 Å². The van der Waals surface area contributed by atoms with E-state index in [4.69, 9.17) is 16.3 Å². The number of amides is 1. The average Bonchev–Trinajstić information content (AvgIpc) is 2.40. The second kappa shape index (κ2) is 8.25. The average molecular weight is 329 g/mol. The zero-order valence-corrected chi connectivity index (χ0v) is 14.3. The van der Waals surface area contributed by atoms with Crippen molar-refractivity contribution in [3.63, 3.8) is 0 Å². The number of carbonyl (C=O) groups excluding carboxylic acids is 1. The first-order chi connectivity index (χ1) is 10.2. The van der Waals surface area contributed by atoms with Crippen LogP contribution in [0.2, 0.25) is 5.02 Å². The molecule has 0 saturated heterocycles. The SMILES string of the molecule is CCC(CNC(=O)OC(C)(C)C)NCc1cc(Cl)ccc1O. The molecule has 3 N–H and O–H groups in total. The molecule has 5 nitrogen and oxygen atoms in total. The summed E-state index contributed by atoms with van der Waals surface area (Å²) in [5.74, 6) is 0.201. The van der Waals surface area contributed by atoms with Crippen molar-refractivity contribution in [3.05, 3.63) is 28.8 Å². The number of hydrogen-bond acceptors (Lipinski definition) is 4. The van der Waals surface area contributed by atoms with Crippen LogP contribution in [-0.4, -0.2) is 29.4 Å². The van der Waals surface area contributed by atoms with Gasteiger partial charge in [-0.2, -0.15) is 0 Å². The van der Waals surface area contributed by atoms with Crippen LogP contribution in [0.5, 0.6) is 5.75 Å². The van der Waals surface area contributed by atoms with Crippen molar-refractivity contribution >= 4 is 17.7 Å². The van der Waals surface area contributed by atoms with Gasteiger partial charge in [-0.15, -0.1) is 0 Å². The number of benzene rings is 1. The highest BCUT2D eigenvalue weighted by Gasteiger charge is 2.17. The molecule has 0 fully saturated rings. The van der Waals surface area contributed by atoms with Crippen molar-refractivity contribution < 1.29 is 14.6 Å². The smallest absolute Gasteiger partial charge is 0.407 e. The van der Waals surface area contributed by atoms with E-state index in [0.717, 1.165) is 12.0 Å². The molecule has 0 heterocycles. The molecule has 0 spiro atoms. The Hall–Kier alpha value is -1.46. The largest absolute Gasteiger partial charge is 0.508 e. The van der Waals surface area contributed by atoms with E-state index >= 15 is 0 Å². The summed E-state index contributed by atoms with van der Waals surface area (Å²) in [4.78, 5) is 11.6. The van der Waals surface area contributed by atoms with Crippen LogP contribution >= 0.6 is 11.6 Å². The molecule has 0 aliphatic carbocycles. The number of alkyl carbamates (subject to hydrolysis) is 1. The van der Waals surface area contributed by atoms with E-state index in [9.17, 15) is 9.90 Å². The van der Waals surface area contributed by atoms with Gasteiger partial charge in [0.25, 0.3) is 0 Å². The molecule has 1 amide bonds. The van der Waals surface area contributed by atoms with Gasteiger partial charge in [-0.05, 0) is 45.4 Å². The molecule has 1 unspecified atom stereocenters. The maximum Gasteiger partial charge on any atom is 0.407 e. The lowest BCUT2D eigenvalue weighted by molar-refractivity contribution is 0.0522. The highest BCUT2D eigenvalue weighted by atomic mass is 35.5. The Morgan fingerprint density at radius 1 is 1.41 bits per heavy atom. The van der Waals surface area contributed by atoms with Crippen molar-refractivity contribution in [2.75, 3.05) is 6.54 Å². The van der Waals surface area contributed by atoms with Crippen LogP contribution in [0, 0.1) is 0 Å². The molecule has 0 saturated carbocycles. The Labute approximate surface area is 137 Å². The van der Waals surface area contributed by atoms with Crippen molar-refractivity contribution in [2.45, 2.75) is 52.3 Å². The first kappa shape index (κ1) is 18.6. The van der Waals surface area contributed by atoms with Crippen LogP contribution in [0.4, 0.5) is 4.79 Å². The fraction of sp³-hybridized carbons (Fsp3) is 0.562. The van der Waals surface area contributed by atoms with E-state index in [1.54, 1.807) is 18.2 Å². The third-order valence-corrected chi connectivity index (χ3v) is 3.24. The first-order valence-electron chi connectivity index (χ1n) is 7.39. The van der Waals surface area contributed by atoms with E-state index in [1.807, 2.05) is 27.7 Å². The van der Waals surface area contributed by atoms with Crippen LogP contribution in [-0.2, 0) is 11.3 Å². The molecular weight excluding hydrogens is 304 g/mol. The van der Waals surface area contributed by atoms with Crippen LogP contribution in [0.15, 0.2) is 18.2 Å². The maximum atomic E-state index is 11.6. The fourth-order valence-corrected chi connectivity index (χ4v) is 2.03. The normalized spacial score (nSPS) is 12.8. The number of phenolic OH excluding ortho intramolecular Hbond substituents is 1. The lowest BCUT2D eigenvalue weighted by Crippen LogP contribution is -2.42. The lowest BCUT2D eigenvalue weighted by atomic mass is 10.1. The molecule has 1 atom stereocenters. The van der Waals surface area contributed by atoms with E-state index in [0.29, 0.717) is 18.1 Å². The summed E-state index contributed by atoms with van der Waals surface area (Å²) < 4.78 is 5.19. The van der Waals surface area contributed by atoms with E-state index in [1.165, 1.54) is 0 Å². The Kier molecular flexibility index (Phi) is 6.97. The van der Waals surface area contributed by atoms with Gasteiger partial charge in [0, 0.05) is 29.7 Å².